The normalized spacial score (nSPS) is 17.5. The standard InChI is InChI=1S/C25H18ClFN4O/c1-25(11-16-12-29-15-30-13-16)20-9-17(18-4-6-22(27)21(26)10-18)5-7-23(20)31(24(25)32)19-3-2-8-28-14-19/h2-10,12-15H,11H2,1H3. The van der Waals surface area contributed by atoms with Gasteiger partial charge in [-0.1, -0.05) is 23.7 Å². The molecule has 0 saturated heterocycles. The lowest BCUT2D eigenvalue weighted by molar-refractivity contribution is -0.121. The molecule has 7 heteroatoms. The van der Waals surface area contributed by atoms with Crippen molar-refractivity contribution in [3.8, 4) is 11.1 Å². The summed E-state index contributed by atoms with van der Waals surface area (Å²) in [4.78, 5) is 27.9. The van der Waals surface area contributed by atoms with Gasteiger partial charge in [0.25, 0.3) is 0 Å². The molecular formula is C25H18ClFN4O. The highest BCUT2D eigenvalue weighted by Gasteiger charge is 2.48. The summed E-state index contributed by atoms with van der Waals surface area (Å²) in [6.45, 7) is 1.93. The lowest BCUT2D eigenvalue weighted by Gasteiger charge is -2.24. The number of rotatable bonds is 4. The summed E-state index contributed by atoms with van der Waals surface area (Å²) >= 11 is 6.01. The predicted molar refractivity (Wildman–Crippen MR) is 121 cm³/mol. The highest BCUT2D eigenvalue weighted by molar-refractivity contribution is 6.31. The van der Waals surface area contributed by atoms with Crippen molar-refractivity contribution in [1.29, 1.82) is 0 Å². The Morgan fingerprint density at radius 2 is 1.75 bits per heavy atom. The average Bonchev–Trinajstić information content (AvgIpc) is 3.03. The van der Waals surface area contributed by atoms with Crippen LogP contribution in [-0.4, -0.2) is 20.9 Å². The number of hydrogen-bond donors (Lipinski definition) is 0. The third-order valence-corrected chi connectivity index (χ3v) is 6.13. The molecule has 0 N–H and O–H groups in total. The van der Waals surface area contributed by atoms with E-state index in [1.165, 1.54) is 12.4 Å². The number of carbonyl (C=O) groups is 1. The first-order chi connectivity index (χ1) is 15.5. The summed E-state index contributed by atoms with van der Waals surface area (Å²) < 4.78 is 13.7. The minimum absolute atomic E-state index is 0.0558. The summed E-state index contributed by atoms with van der Waals surface area (Å²) in [5, 5.41) is 0.0558. The molecule has 2 aromatic carbocycles. The molecule has 5 nitrogen and oxygen atoms in total. The van der Waals surface area contributed by atoms with Crippen LogP contribution in [0.25, 0.3) is 11.1 Å². The lowest BCUT2D eigenvalue weighted by atomic mass is 9.78. The van der Waals surface area contributed by atoms with Gasteiger partial charge < -0.3 is 0 Å². The summed E-state index contributed by atoms with van der Waals surface area (Å²) in [6, 6.07) is 14.1. The molecule has 1 atom stereocenters. The number of carbonyl (C=O) groups excluding carboxylic acids is 1. The Bertz CT molecular complexity index is 1320. The van der Waals surface area contributed by atoms with Gasteiger partial charge in [0.1, 0.15) is 12.1 Å². The van der Waals surface area contributed by atoms with E-state index in [0.29, 0.717) is 12.1 Å². The highest BCUT2D eigenvalue weighted by Crippen LogP contribution is 2.48. The summed E-state index contributed by atoms with van der Waals surface area (Å²) in [5.74, 6) is -0.526. The van der Waals surface area contributed by atoms with Crippen LogP contribution in [0.2, 0.25) is 5.02 Å². The van der Waals surface area contributed by atoms with E-state index in [1.54, 1.807) is 47.9 Å². The van der Waals surface area contributed by atoms with Crippen LogP contribution in [0, 0.1) is 5.82 Å². The number of nitrogens with zero attached hydrogens (tertiary/aromatic N) is 4. The molecule has 5 rings (SSSR count). The topological polar surface area (TPSA) is 59.0 Å². The number of halogens is 2. The Labute approximate surface area is 189 Å². The van der Waals surface area contributed by atoms with Crippen LogP contribution in [0.4, 0.5) is 15.8 Å². The first-order valence-corrected chi connectivity index (χ1v) is 10.4. The number of fused-ring (bicyclic) bond motifs is 1. The van der Waals surface area contributed by atoms with Gasteiger partial charge in [0, 0.05) is 18.6 Å². The maximum absolute atomic E-state index is 13.8. The second kappa shape index (κ2) is 7.80. The van der Waals surface area contributed by atoms with Crippen LogP contribution < -0.4 is 4.90 Å². The number of aromatic nitrogens is 3. The molecule has 1 aliphatic rings. The second-order valence-electron chi connectivity index (χ2n) is 7.97. The van der Waals surface area contributed by atoms with E-state index in [4.69, 9.17) is 11.6 Å². The maximum Gasteiger partial charge on any atom is 0.242 e. The summed E-state index contributed by atoms with van der Waals surface area (Å²) in [5.41, 5.74) is 3.99. The fraction of sp³-hybridized carbons (Fsp3) is 0.120. The molecule has 0 fully saturated rings. The highest BCUT2D eigenvalue weighted by atomic mass is 35.5. The molecule has 2 aromatic heterocycles. The average molecular weight is 445 g/mol. The minimum Gasteiger partial charge on any atom is -0.278 e. The Hall–Kier alpha value is -3.64. The third-order valence-electron chi connectivity index (χ3n) is 5.84. The number of hydrogen-bond acceptors (Lipinski definition) is 4. The van der Waals surface area contributed by atoms with Crippen molar-refractivity contribution in [1.82, 2.24) is 15.0 Å². The molecule has 1 unspecified atom stereocenters. The Kier molecular flexibility index (Phi) is 4.94. The Morgan fingerprint density at radius 1 is 1.00 bits per heavy atom. The first kappa shape index (κ1) is 20.3. The molecule has 0 radical (unpaired) electrons. The zero-order valence-corrected chi connectivity index (χ0v) is 17.9. The first-order valence-electron chi connectivity index (χ1n) is 10.1. The van der Waals surface area contributed by atoms with Crippen LogP contribution >= 0.6 is 11.6 Å². The lowest BCUT2D eigenvalue weighted by Crippen LogP contribution is -2.37. The van der Waals surface area contributed by atoms with E-state index in [0.717, 1.165) is 27.9 Å². The van der Waals surface area contributed by atoms with Crippen molar-refractivity contribution >= 4 is 28.9 Å². The van der Waals surface area contributed by atoms with Crippen LogP contribution in [0.5, 0.6) is 0 Å². The smallest absolute Gasteiger partial charge is 0.242 e. The molecule has 3 heterocycles. The number of anilines is 2. The van der Waals surface area contributed by atoms with Crippen molar-refractivity contribution in [2.75, 3.05) is 4.90 Å². The van der Waals surface area contributed by atoms with E-state index in [9.17, 15) is 9.18 Å². The zero-order valence-electron chi connectivity index (χ0n) is 17.2. The zero-order chi connectivity index (χ0) is 22.3. The number of pyridine rings is 1. The van der Waals surface area contributed by atoms with E-state index in [1.807, 2.05) is 31.2 Å². The monoisotopic (exact) mass is 444 g/mol. The molecule has 32 heavy (non-hydrogen) atoms. The second-order valence-corrected chi connectivity index (χ2v) is 8.38. The molecule has 0 spiro atoms. The van der Waals surface area contributed by atoms with Gasteiger partial charge >= 0.3 is 0 Å². The van der Waals surface area contributed by atoms with Gasteiger partial charge in [-0.15, -0.1) is 0 Å². The Balaban J connectivity index is 1.67. The van der Waals surface area contributed by atoms with Crippen LogP contribution in [0.1, 0.15) is 18.1 Å². The molecule has 1 amide bonds. The molecular weight excluding hydrogens is 427 g/mol. The predicted octanol–water partition coefficient (Wildman–Crippen LogP) is 5.51. The van der Waals surface area contributed by atoms with Crippen molar-refractivity contribution in [3.63, 3.8) is 0 Å². The molecule has 158 valence electrons. The van der Waals surface area contributed by atoms with Crippen LogP contribution in [0.3, 0.4) is 0 Å². The molecule has 0 saturated carbocycles. The molecule has 0 aliphatic carbocycles. The minimum atomic E-state index is -0.851. The van der Waals surface area contributed by atoms with Gasteiger partial charge in [-0.2, -0.15) is 0 Å². The van der Waals surface area contributed by atoms with Gasteiger partial charge in [-0.05, 0) is 72.0 Å². The third kappa shape index (κ3) is 3.33. The molecule has 1 aliphatic heterocycles. The number of benzene rings is 2. The molecule has 0 bridgehead atoms. The Morgan fingerprint density at radius 3 is 2.47 bits per heavy atom. The van der Waals surface area contributed by atoms with Crippen LogP contribution in [0.15, 0.2) is 79.6 Å². The van der Waals surface area contributed by atoms with E-state index >= 15 is 0 Å². The van der Waals surface area contributed by atoms with Gasteiger partial charge in [0.15, 0.2) is 0 Å². The van der Waals surface area contributed by atoms with Crippen molar-refractivity contribution in [2.24, 2.45) is 0 Å². The largest absolute Gasteiger partial charge is 0.278 e. The maximum atomic E-state index is 13.8. The van der Waals surface area contributed by atoms with Crippen molar-refractivity contribution in [3.05, 3.63) is 102 Å². The summed E-state index contributed by atoms with van der Waals surface area (Å²) in [6.07, 6.45) is 8.70. The number of amides is 1. The SMILES string of the molecule is CC1(Cc2cncnc2)C(=O)N(c2cccnc2)c2ccc(-c3ccc(F)c(Cl)c3)cc21. The van der Waals surface area contributed by atoms with E-state index in [2.05, 4.69) is 15.0 Å². The van der Waals surface area contributed by atoms with Gasteiger partial charge in [0.05, 0.1) is 28.0 Å². The quantitative estimate of drug-likeness (QED) is 0.416. The van der Waals surface area contributed by atoms with Gasteiger partial charge in [-0.3, -0.25) is 14.7 Å². The summed E-state index contributed by atoms with van der Waals surface area (Å²) in [7, 11) is 0. The fourth-order valence-electron chi connectivity index (χ4n) is 4.24. The fourth-order valence-corrected chi connectivity index (χ4v) is 4.42. The van der Waals surface area contributed by atoms with Crippen LogP contribution in [-0.2, 0) is 16.6 Å². The van der Waals surface area contributed by atoms with Crippen molar-refractivity contribution in [2.45, 2.75) is 18.8 Å². The molecule has 4 aromatic rings. The van der Waals surface area contributed by atoms with Gasteiger partial charge in [0.2, 0.25) is 5.91 Å². The van der Waals surface area contributed by atoms with Crippen molar-refractivity contribution < 1.29 is 9.18 Å². The van der Waals surface area contributed by atoms with E-state index in [-0.39, 0.29) is 10.9 Å². The van der Waals surface area contributed by atoms with E-state index < -0.39 is 11.2 Å². The van der Waals surface area contributed by atoms with Gasteiger partial charge in [-0.25, -0.2) is 14.4 Å².